The third kappa shape index (κ3) is 3.35. The van der Waals surface area contributed by atoms with Crippen molar-refractivity contribution in [2.24, 2.45) is 0 Å². The Morgan fingerprint density at radius 2 is 1.94 bits per heavy atom. The Morgan fingerprint density at radius 3 is 2.53 bits per heavy atom. The zero-order valence-corrected chi connectivity index (χ0v) is 10.1. The molecule has 0 aromatic heterocycles. The summed E-state index contributed by atoms with van der Waals surface area (Å²) < 4.78 is 14.1. The Hall–Kier alpha value is -1.75. The largest absolute Gasteiger partial charge is 0.479 e. The van der Waals surface area contributed by atoms with E-state index in [0.29, 0.717) is 0 Å². The van der Waals surface area contributed by atoms with Crippen molar-refractivity contribution in [2.45, 2.75) is 0 Å². The van der Waals surface area contributed by atoms with Crippen LogP contribution in [0.5, 0.6) is 5.75 Å². The summed E-state index contributed by atoms with van der Waals surface area (Å²) in [7, 11) is 2.48. The lowest BCUT2D eigenvalue weighted by atomic mass is 10.2. The molecule has 0 saturated heterocycles. The minimum atomic E-state index is -0.590. The molecule has 6 heteroatoms. The van der Waals surface area contributed by atoms with Crippen LogP contribution in [0.15, 0.2) is 18.2 Å². The average molecular weight is 259 g/mol. The van der Waals surface area contributed by atoms with Gasteiger partial charge in [-0.05, 0) is 12.1 Å². The van der Waals surface area contributed by atoms with Gasteiger partial charge >= 0.3 is 11.9 Å². The number of halogens is 1. The molecular weight excluding hydrogens is 248 g/mol. The highest BCUT2D eigenvalue weighted by Crippen LogP contribution is 2.29. The van der Waals surface area contributed by atoms with E-state index in [2.05, 4.69) is 9.47 Å². The third-order valence-corrected chi connectivity index (χ3v) is 2.23. The van der Waals surface area contributed by atoms with Gasteiger partial charge in [0, 0.05) is 0 Å². The summed E-state index contributed by atoms with van der Waals surface area (Å²) in [4.78, 5) is 22.4. The molecule has 0 unspecified atom stereocenters. The Balaban J connectivity index is 2.95. The number of hydrogen-bond donors (Lipinski definition) is 0. The Bertz CT molecular complexity index is 430. The van der Waals surface area contributed by atoms with E-state index in [0.717, 1.165) is 0 Å². The first-order valence-corrected chi connectivity index (χ1v) is 5.04. The van der Waals surface area contributed by atoms with Crippen molar-refractivity contribution < 1.29 is 23.8 Å². The molecule has 0 N–H and O–H groups in total. The maximum Gasteiger partial charge on any atom is 0.343 e. The molecule has 17 heavy (non-hydrogen) atoms. The highest BCUT2D eigenvalue weighted by atomic mass is 35.5. The SMILES string of the molecule is COC(=O)COc1c(Cl)cccc1C(=O)OC. The van der Waals surface area contributed by atoms with Crippen LogP contribution in [0.3, 0.4) is 0 Å². The lowest BCUT2D eigenvalue weighted by Gasteiger charge is -2.10. The van der Waals surface area contributed by atoms with Gasteiger partial charge in [0.15, 0.2) is 12.4 Å². The number of para-hydroxylation sites is 1. The van der Waals surface area contributed by atoms with Gasteiger partial charge in [0.05, 0.1) is 19.2 Å². The summed E-state index contributed by atoms with van der Waals surface area (Å²) in [6.45, 7) is -0.329. The van der Waals surface area contributed by atoms with Gasteiger partial charge in [-0.2, -0.15) is 0 Å². The van der Waals surface area contributed by atoms with Crippen molar-refractivity contribution in [3.05, 3.63) is 28.8 Å². The van der Waals surface area contributed by atoms with Crippen LogP contribution in [0.1, 0.15) is 10.4 Å². The van der Waals surface area contributed by atoms with Crippen molar-refractivity contribution in [3.8, 4) is 5.75 Å². The fourth-order valence-electron chi connectivity index (χ4n) is 1.12. The van der Waals surface area contributed by atoms with E-state index in [4.69, 9.17) is 16.3 Å². The number of hydrogen-bond acceptors (Lipinski definition) is 5. The second-order valence-electron chi connectivity index (χ2n) is 2.97. The quantitative estimate of drug-likeness (QED) is 0.769. The maximum absolute atomic E-state index is 11.4. The monoisotopic (exact) mass is 258 g/mol. The smallest absolute Gasteiger partial charge is 0.343 e. The molecule has 0 aliphatic heterocycles. The molecule has 0 radical (unpaired) electrons. The second-order valence-corrected chi connectivity index (χ2v) is 3.38. The summed E-state index contributed by atoms with van der Waals surface area (Å²) in [5, 5.41) is 0.219. The van der Waals surface area contributed by atoms with Gasteiger partial charge in [0.2, 0.25) is 0 Å². The van der Waals surface area contributed by atoms with E-state index < -0.39 is 11.9 Å². The van der Waals surface area contributed by atoms with Crippen LogP contribution in [0.2, 0.25) is 5.02 Å². The van der Waals surface area contributed by atoms with E-state index in [1.54, 1.807) is 12.1 Å². The molecule has 0 spiro atoms. The number of methoxy groups -OCH3 is 2. The number of ether oxygens (including phenoxy) is 3. The van der Waals surface area contributed by atoms with Crippen molar-refractivity contribution in [2.75, 3.05) is 20.8 Å². The van der Waals surface area contributed by atoms with E-state index in [-0.39, 0.29) is 22.9 Å². The van der Waals surface area contributed by atoms with E-state index in [9.17, 15) is 9.59 Å². The molecule has 5 nitrogen and oxygen atoms in total. The van der Waals surface area contributed by atoms with Gasteiger partial charge in [-0.25, -0.2) is 9.59 Å². The Labute approximate surface area is 103 Å². The zero-order valence-electron chi connectivity index (χ0n) is 9.36. The van der Waals surface area contributed by atoms with Crippen molar-refractivity contribution in [1.82, 2.24) is 0 Å². The Kier molecular flexibility index (Phi) is 4.78. The number of rotatable bonds is 4. The summed E-state index contributed by atoms with van der Waals surface area (Å²) in [5.41, 5.74) is 0.156. The second kappa shape index (κ2) is 6.10. The van der Waals surface area contributed by atoms with Gasteiger partial charge in [-0.1, -0.05) is 17.7 Å². The fraction of sp³-hybridized carbons (Fsp3) is 0.273. The molecule has 0 aliphatic rings. The maximum atomic E-state index is 11.4. The predicted octanol–water partition coefficient (Wildman–Crippen LogP) is 1.68. The normalized spacial score (nSPS) is 9.59. The number of carbonyl (C=O) groups is 2. The molecular formula is C11H11ClO5. The van der Waals surface area contributed by atoms with Crippen LogP contribution in [0.25, 0.3) is 0 Å². The lowest BCUT2D eigenvalue weighted by Crippen LogP contribution is -2.15. The Morgan fingerprint density at radius 1 is 1.24 bits per heavy atom. The third-order valence-electron chi connectivity index (χ3n) is 1.93. The van der Waals surface area contributed by atoms with Gasteiger partial charge in [-0.3, -0.25) is 0 Å². The highest BCUT2D eigenvalue weighted by Gasteiger charge is 2.17. The summed E-state index contributed by atoms with van der Waals surface area (Å²) in [5.74, 6) is -1.06. The van der Waals surface area contributed by atoms with Crippen LogP contribution >= 0.6 is 11.6 Å². The van der Waals surface area contributed by atoms with E-state index in [1.807, 2.05) is 0 Å². The highest BCUT2D eigenvalue weighted by molar-refractivity contribution is 6.32. The number of esters is 2. The van der Waals surface area contributed by atoms with Gasteiger partial charge in [0.25, 0.3) is 0 Å². The molecule has 0 bridgehead atoms. The summed E-state index contributed by atoms with van der Waals surface area (Å²) in [6, 6.07) is 4.62. The van der Waals surface area contributed by atoms with Crippen LogP contribution < -0.4 is 4.74 Å². The first-order chi connectivity index (χ1) is 8.10. The molecule has 92 valence electrons. The predicted molar refractivity (Wildman–Crippen MR) is 60.3 cm³/mol. The molecule has 0 saturated carbocycles. The average Bonchev–Trinajstić information content (AvgIpc) is 2.35. The fourth-order valence-corrected chi connectivity index (χ4v) is 1.35. The summed E-state index contributed by atoms with van der Waals surface area (Å²) >= 11 is 5.87. The van der Waals surface area contributed by atoms with E-state index in [1.165, 1.54) is 20.3 Å². The molecule has 0 aliphatic carbocycles. The van der Waals surface area contributed by atoms with Crippen LogP contribution in [-0.2, 0) is 14.3 Å². The minimum Gasteiger partial charge on any atom is -0.479 e. The molecule has 1 rings (SSSR count). The molecule has 0 fully saturated rings. The molecule has 1 aromatic rings. The van der Waals surface area contributed by atoms with Crippen LogP contribution in [0, 0.1) is 0 Å². The standard InChI is InChI=1S/C11H11ClO5/c1-15-9(13)6-17-10-7(11(14)16-2)4-3-5-8(10)12/h3-5H,6H2,1-2H3. The molecule has 0 amide bonds. The molecule has 0 heterocycles. The summed E-state index contributed by atoms with van der Waals surface area (Å²) in [6.07, 6.45) is 0. The van der Waals surface area contributed by atoms with Crippen molar-refractivity contribution in [3.63, 3.8) is 0 Å². The van der Waals surface area contributed by atoms with Gasteiger partial charge in [-0.15, -0.1) is 0 Å². The first-order valence-electron chi connectivity index (χ1n) is 4.66. The number of benzene rings is 1. The van der Waals surface area contributed by atoms with Crippen molar-refractivity contribution in [1.29, 1.82) is 0 Å². The lowest BCUT2D eigenvalue weighted by molar-refractivity contribution is -0.142. The minimum absolute atomic E-state index is 0.103. The molecule has 0 atom stereocenters. The molecule has 1 aromatic carbocycles. The topological polar surface area (TPSA) is 61.8 Å². The first kappa shape index (κ1) is 13.3. The van der Waals surface area contributed by atoms with Crippen LogP contribution in [-0.4, -0.2) is 32.8 Å². The van der Waals surface area contributed by atoms with Gasteiger partial charge < -0.3 is 14.2 Å². The van der Waals surface area contributed by atoms with Crippen molar-refractivity contribution >= 4 is 23.5 Å². The van der Waals surface area contributed by atoms with Crippen LogP contribution in [0.4, 0.5) is 0 Å². The van der Waals surface area contributed by atoms with E-state index >= 15 is 0 Å². The number of carbonyl (C=O) groups excluding carboxylic acids is 2. The van der Waals surface area contributed by atoms with Gasteiger partial charge in [0.1, 0.15) is 5.56 Å². The zero-order chi connectivity index (χ0) is 12.8.